The Balaban J connectivity index is 2.19. The molecule has 1 rings (SSSR count). The first-order chi connectivity index (χ1) is 7.76. The Morgan fingerprint density at radius 3 is 2.81 bits per heavy atom. The Hall–Kier alpha value is -1.82. The maximum atomic E-state index is 8.48. The zero-order valence-corrected chi connectivity index (χ0v) is 9.09. The molecular weight excluding hydrogens is 206 g/mol. The number of rotatable bonds is 6. The van der Waals surface area contributed by atoms with E-state index in [1.54, 1.807) is 24.4 Å². The third-order valence-electron chi connectivity index (χ3n) is 1.89. The highest BCUT2D eigenvalue weighted by atomic mass is 16.8. The SMILES string of the molecule is CN(C=CC=C(C#N)C#N)CCOC1CO1. The lowest BCUT2D eigenvalue weighted by Crippen LogP contribution is -2.17. The standard InChI is InChI=1S/C11H13N3O2/c1-14(5-6-15-11-9-16-11)4-2-3-10(7-12)8-13/h2-4,11H,5-6,9H2,1H3. The van der Waals surface area contributed by atoms with Gasteiger partial charge in [-0.25, -0.2) is 0 Å². The quantitative estimate of drug-likeness (QED) is 0.375. The van der Waals surface area contributed by atoms with Gasteiger partial charge in [-0.1, -0.05) is 0 Å². The van der Waals surface area contributed by atoms with Crippen molar-refractivity contribution in [3.63, 3.8) is 0 Å². The van der Waals surface area contributed by atoms with Crippen molar-refractivity contribution in [1.29, 1.82) is 10.5 Å². The van der Waals surface area contributed by atoms with Gasteiger partial charge in [0.15, 0.2) is 6.29 Å². The summed E-state index contributed by atoms with van der Waals surface area (Å²) in [6.07, 6.45) is 4.91. The predicted molar refractivity (Wildman–Crippen MR) is 56.8 cm³/mol. The maximum absolute atomic E-state index is 8.48. The second-order valence-electron chi connectivity index (χ2n) is 3.26. The Kier molecular flexibility index (Phi) is 5.07. The molecule has 1 aliphatic heterocycles. The van der Waals surface area contributed by atoms with Crippen LogP contribution in [0, 0.1) is 22.7 Å². The minimum absolute atomic E-state index is 0.0129. The van der Waals surface area contributed by atoms with Gasteiger partial charge in [0.2, 0.25) is 0 Å². The van der Waals surface area contributed by atoms with Gasteiger partial charge in [0.1, 0.15) is 24.3 Å². The van der Waals surface area contributed by atoms with Crippen molar-refractivity contribution in [3.05, 3.63) is 23.9 Å². The molecular formula is C11H13N3O2. The van der Waals surface area contributed by atoms with Gasteiger partial charge in [-0.2, -0.15) is 10.5 Å². The lowest BCUT2D eigenvalue weighted by Gasteiger charge is -2.12. The molecule has 1 heterocycles. The van der Waals surface area contributed by atoms with Crippen LogP contribution in [0.1, 0.15) is 0 Å². The molecule has 0 amide bonds. The number of hydrogen-bond acceptors (Lipinski definition) is 5. The highest BCUT2D eigenvalue weighted by Gasteiger charge is 2.22. The minimum atomic E-state index is -0.0129. The zero-order chi connectivity index (χ0) is 11.8. The molecule has 1 unspecified atom stereocenters. The van der Waals surface area contributed by atoms with Crippen LogP contribution in [0.15, 0.2) is 23.9 Å². The highest BCUT2D eigenvalue weighted by Crippen LogP contribution is 2.09. The summed E-state index contributed by atoms with van der Waals surface area (Å²) in [6, 6.07) is 3.56. The molecule has 0 aromatic rings. The van der Waals surface area contributed by atoms with Gasteiger partial charge in [0.25, 0.3) is 0 Å². The van der Waals surface area contributed by atoms with E-state index in [2.05, 4.69) is 0 Å². The number of hydrogen-bond donors (Lipinski definition) is 0. The number of epoxide rings is 1. The molecule has 0 spiro atoms. The summed E-state index contributed by atoms with van der Waals surface area (Å²) in [5, 5.41) is 17.0. The average molecular weight is 219 g/mol. The molecule has 0 radical (unpaired) electrons. The van der Waals surface area contributed by atoms with E-state index >= 15 is 0 Å². The van der Waals surface area contributed by atoms with Crippen LogP contribution in [0.3, 0.4) is 0 Å². The van der Waals surface area contributed by atoms with E-state index in [9.17, 15) is 0 Å². The largest absolute Gasteiger partial charge is 0.378 e. The van der Waals surface area contributed by atoms with Crippen LogP contribution >= 0.6 is 0 Å². The van der Waals surface area contributed by atoms with E-state index in [4.69, 9.17) is 20.0 Å². The lowest BCUT2D eigenvalue weighted by atomic mass is 10.3. The molecule has 5 nitrogen and oxygen atoms in total. The average Bonchev–Trinajstić information content (AvgIpc) is 3.08. The third kappa shape index (κ3) is 5.16. The number of nitriles is 2. The molecule has 1 fully saturated rings. The van der Waals surface area contributed by atoms with Crippen molar-refractivity contribution in [2.24, 2.45) is 0 Å². The second kappa shape index (κ2) is 6.62. The van der Waals surface area contributed by atoms with Crippen molar-refractivity contribution < 1.29 is 9.47 Å². The molecule has 1 aliphatic rings. The van der Waals surface area contributed by atoms with Gasteiger partial charge in [-0.3, -0.25) is 0 Å². The monoisotopic (exact) mass is 219 g/mol. The molecule has 0 aliphatic carbocycles. The molecule has 16 heavy (non-hydrogen) atoms. The molecule has 0 saturated carbocycles. The smallest absolute Gasteiger partial charge is 0.181 e. The van der Waals surface area contributed by atoms with E-state index in [0.717, 1.165) is 6.54 Å². The van der Waals surface area contributed by atoms with Gasteiger partial charge in [-0.15, -0.1) is 0 Å². The molecule has 1 saturated heterocycles. The van der Waals surface area contributed by atoms with E-state index in [1.165, 1.54) is 6.08 Å². The van der Waals surface area contributed by atoms with E-state index in [1.807, 2.05) is 11.9 Å². The summed E-state index contributed by atoms with van der Waals surface area (Å²) < 4.78 is 10.2. The van der Waals surface area contributed by atoms with E-state index in [0.29, 0.717) is 13.2 Å². The Morgan fingerprint density at radius 1 is 1.56 bits per heavy atom. The molecule has 0 aromatic carbocycles. The molecule has 1 atom stereocenters. The zero-order valence-electron chi connectivity index (χ0n) is 9.09. The van der Waals surface area contributed by atoms with Crippen molar-refractivity contribution in [1.82, 2.24) is 4.90 Å². The highest BCUT2D eigenvalue weighted by molar-refractivity contribution is 5.37. The molecule has 84 valence electrons. The number of ether oxygens (including phenoxy) is 2. The lowest BCUT2D eigenvalue weighted by molar-refractivity contribution is 0.0440. The van der Waals surface area contributed by atoms with Crippen molar-refractivity contribution in [2.45, 2.75) is 6.29 Å². The molecule has 0 bridgehead atoms. The number of likely N-dealkylation sites (N-methyl/N-ethyl adjacent to an activating group) is 1. The van der Waals surface area contributed by atoms with Crippen LogP contribution in [-0.2, 0) is 9.47 Å². The Labute approximate surface area is 94.8 Å². The third-order valence-corrected chi connectivity index (χ3v) is 1.89. The van der Waals surface area contributed by atoms with Crippen molar-refractivity contribution in [2.75, 3.05) is 26.8 Å². The van der Waals surface area contributed by atoms with Gasteiger partial charge < -0.3 is 14.4 Å². The summed E-state index contributed by atoms with van der Waals surface area (Å²) >= 11 is 0. The molecule has 5 heteroatoms. The van der Waals surface area contributed by atoms with Crippen LogP contribution in [0.25, 0.3) is 0 Å². The minimum Gasteiger partial charge on any atom is -0.378 e. The Morgan fingerprint density at radius 2 is 2.25 bits per heavy atom. The van der Waals surface area contributed by atoms with Crippen LogP contribution < -0.4 is 0 Å². The summed E-state index contributed by atoms with van der Waals surface area (Å²) in [7, 11) is 1.89. The van der Waals surface area contributed by atoms with Gasteiger partial charge in [0.05, 0.1) is 6.61 Å². The van der Waals surface area contributed by atoms with E-state index in [-0.39, 0.29) is 11.9 Å². The van der Waals surface area contributed by atoms with Gasteiger partial charge >= 0.3 is 0 Å². The fourth-order valence-electron chi connectivity index (χ4n) is 0.924. The molecule has 0 N–H and O–H groups in total. The normalized spacial score (nSPS) is 17.6. The van der Waals surface area contributed by atoms with E-state index < -0.39 is 0 Å². The maximum Gasteiger partial charge on any atom is 0.181 e. The van der Waals surface area contributed by atoms with Gasteiger partial charge in [-0.05, 0) is 18.4 Å². The first-order valence-corrected chi connectivity index (χ1v) is 4.88. The fourth-order valence-corrected chi connectivity index (χ4v) is 0.924. The Bertz CT molecular complexity index is 342. The topological polar surface area (TPSA) is 72.6 Å². The van der Waals surface area contributed by atoms with Crippen LogP contribution in [-0.4, -0.2) is 38.0 Å². The first-order valence-electron chi connectivity index (χ1n) is 4.88. The van der Waals surface area contributed by atoms with Gasteiger partial charge in [0, 0.05) is 13.6 Å². The number of allylic oxidation sites excluding steroid dienone is 3. The van der Waals surface area contributed by atoms with Crippen LogP contribution in [0.2, 0.25) is 0 Å². The number of nitrogens with zero attached hydrogens (tertiary/aromatic N) is 3. The summed E-state index contributed by atoms with van der Waals surface area (Å²) in [5.41, 5.74) is 0.0901. The first kappa shape index (κ1) is 12.3. The van der Waals surface area contributed by atoms with Crippen molar-refractivity contribution in [3.8, 4) is 12.1 Å². The summed E-state index contributed by atoms with van der Waals surface area (Å²) in [6.45, 7) is 2.02. The summed E-state index contributed by atoms with van der Waals surface area (Å²) in [4.78, 5) is 1.91. The predicted octanol–water partition coefficient (Wildman–Crippen LogP) is 0.778. The summed E-state index contributed by atoms with van der Waals surface area (Å²) in [5.74, 6) is 0. The van der Waals surface area contributed by atoms with Crippen LogP contribution in [0.4, 0.5) is 0 Å². The second-order valence-corrected chi connectivity index (χ2v) is 3.26. The van der Waals surface area contributed by atoms with Crippen LogP contribution in [0.5, 0.6) is 0 Å². The molecule has 0 aromatic heterocycles. The fraction of sp³-hybridized carbons (Fsp3) is 0.455. The van der Waals surface area contributed by atoms with Crippen molar-refractivity contribution >= 4 is 0 Å².